The maximum atomic E-state index is 9.98. The van der Waals surface area contributed by atoms with Gasteiger partial charge in [-0.05, 0) is 24.3 Å². The Morgan fingerprint density at radius 3 is 1.47 bits per heavy atom. The number of benzene rings is 2. The van der Waals surface area contributed by atoms with Crippen molar-refractivity contribution in [1.82, 2.24) is 0 Å². The summed E-state index contributed by atoms with van der Waals surface area (Å²) in [6.45, 7) is 1.45. The molecule has 0 heterocycles. The molecule has 0 aliphatic heterocycles. The predicted molar refractivity (Wildman–Crippen MR) is 64.8 cm³/mol. The van der Waals surface area contributed by atoms with Gasteiger partial charge in [0.05, 0.1) is 0 Å². The average molecular weight is 230 g/mol. The minimum absolute atomic E-state index is 0.549. The van der Waals surface area contributed by atoms with E-state index in [1.54, 1.807) is 24.3 Å². The van der Waals surface area contributed by atoms with Crippen molar-refractivity contribution in [3.63, 3.8) is 0 Å². The van der Waals surface area contributed by atoms with Crippen LogP contribution in [-0.4, -0.2) is 11.1 Å². The molecule has 0 unspecified atom stereocenters. The summed E-state index contributed by atoms with van der Waals surface area (Å²) in [5.41, 5.74) is 0. The van der Waals surface area contributed by atoms with Crippen molar-refractivity contribution < 1.29 is 14.6 Å². The minimum Gasteiger partial charge on any atom is -0.430 e. The fraction of sp³-hybridized carbons (Fsp3) is 0.143. The molecule has 2 aromatic rings. The third kappa shape index (κ3) is 3.50. The molecule has 0 saturated carbocycles. The molecule has 0 bridgehead atoms. The Bertz CT molecular complexity index is 408. The van der Waals surface area contributed by atoms with Crippen LogP contribution in [0.3, 0.4) is 0 Å². The molecule has 17 heavy (non-hydrogen) atoms. The van der Waals surface area contributed by atoms with Gasteiger partial charge in [0.15, 0.2) is 0 Å². The zero-order valence-electron chi connectivity index (χ0n) is 9.54. The first-order chi connectivity index (χ1) is 8.16. The van der Waals surface area contributed by atoms with E-state index in [1.807, 2.05) is 36.4 Å². The van der Waals surface area contributed by atoms with Gasteiger partial charge in [0, 0.05) is 6.92 Å². The standard InChI is InChI=1S/C14H14O3/c1-14(15,16-12-8-4-2-5-9-12)17-13-10-6-3-7-11-13/h2-11,15H,1H3. The van der Waals surface area contributed by atoms with Crippen molar-refractivity contribution in [2.45, 2.75) is 12.9 Å². The van der Waals surface area contributed by atoms with Crippen molar-refractivity contribution in [3.8, 4) is 11.5 Å². The highest BCUT2D eigenvalue weighted by atomic mass is 16.8. The number of hydrogen-bond acceptors (Lipinski definition) is 3. The van der Waals surface area contributed by atoms with Crippen LogP contribution in [-0.2, 0) is 0 Å². The molecule has 3 heteroatoms. The monoisotopic (exact) mass is 230 g/mol. The highest BCUT2D eigenvalue weighted by Crippen LogP contribution is 2.20. The van der Waals surface area contributed by atoms with Gasteiger partial charge in [-0.3, -0.25) is 0 Å². The molecule has 0 saturated heterocycles. The number of rotatable bonds is 4. The van der Waals surface area contributed by atoms with Crippen LogP contribution < -0.4 is 9.47 Å². The molecule has 88 valence electrons. The Balaban J connectivity index is 2.04. The van der Waals surface area contributed by atoms with Crippen LogP contribution in [0.25, 0.3) is 0 Å². The molecule has 1 N–H and O–H groups in total. The van der Waals surface area contributed by atoms with E-state index in [0.29, 0.717) is 11.5 Å². The topological polar surface area (TPSA) is 38.7 Å². The quantitative estimate of drug-likeness (QED) is 0.821. The van der Waals surface area contributed by atoms with Gasteiger partial charge in [-0.1, -0.05) is 36.4 Å². The van der Waals surface area contributed by atoms with Crippen molar-refractivity contribution in [1.29, 1.82) is 0 Å². The number of para-hydroxylation sites is 2. The molecule has 0 atom stereocenters. The van der Waals surface area contributed by atoms with E-state index in [2.05, 4.69) is 0 Å². The lowest BCUT2D eigenvalue weighted by Gasteiger charge is -2.25. The van der Waals surface area contributed by atoms with Crippen molar-refractivity contribution in [3.05, 3.63) is 60.7 Å². The molecule has 0 fully saturated rings. The highest BCUT2D eigenvalue weighted by molar-refractivity contribution is 5.23. The second kappa shape index (κ2) is 4.89. The predicted octanol–water partition coefficient (Wildman–Crippen LogP) is 2.81. The number of ether oxygens (including phenoxy) is 2. The summed E-state index contributed by atoms with van der Waals surface area (Å²) in [5, 5.41) is 9.98. The summed E-state index contributed by atoms with van der Waals surface area (Å²) in [4.78, 5) is 0. The second-order valence-electron chi connectivity index (χ2n) is 3.73. The summed E-state index contributed by atoms with van der Waals surface area (Å²) in [6, 6.07) is 18.1. The van der Waals surface area contributed by atoms with Gasteiger partial charge in [-0.2, -0.15) is 0 Å². The lowest BCUT2D eigenvalue weighted by molar-refractivity contribution is -0.258. The molecule has 2 rings (SSSR count). The first-order valence-corrected chi connectivity index (χ1v) is 5.36. The van der Waals surface area contributed by atoms with Crippen LogP contribution in [0.4, 0.5) is 0 Å². The Morgan fingerprint density at radius 2 is 1.12 bits per heavy atom. The highest BCUT2D eigenvalue weighted by Gasteiger charge is 2.24. The van der Waals surface area contributed by atoms with E-state index in [4.69, 9.17) is 9.47 Å². The lowest BCUT2D eigenvalue weighted by Crippen LogP contribution is -2.38. The van der Waals surface area contributed by atoms with Crippen LogP contribution in [0.2, 0.25) is 0 Å². The molecule has 0 radical (unpaired) electrons. The van der Waals surface area contributed by atoms with Crippen LogP contribution in [0.1, 0.15) is 6.92 Å². The fourth-order valence-electron chi connectivity index (χ4n) is 1.44. The molecule has 0 aromatic heterocycles. The normalized spacial score (nSPS) is 10.9. The minimum atomic E-state index is -1.69. The van der Waals surface area contributed by atoms with Gasteiger partial charge < -0.3 is 14.6 Å². The lowest BCUT2D eigenvalue weighted by atomic mass is 10.3. The summed E-state index contributed by atoms with van der Waals surface area (Å²) < 4.78 is 10.7. The van der Waals surface area contributed by atoms with E-state index in [-0.39, 0.29) is 0 Å². The largest absolute Gasteiger partial charge is 0.430 e. The summed E-state index contributed by atoms with van der Waals surface area (Å²) >= 11 is 0. The van der Waals surface area contributed by atoms with E-state index in [0.717, 1.165) is 0 Å². The molecular formula is C14H14O3. The Hall–Kier alpha value is -2.00. The molecule has 3 nitrogen and oxygen atoms in total. The van der Waals surface area contributed by atoms with Crippen LogP contribution >= 0.6 is 0 Å². The average Bonchev–Trinajstić information content (AvgIpc) is 2.30. The van der Waals surface area contributed by atoms with Crippen molar-refractivity contribution in [2.75, 3.05) is 0 Å². The van der Waals surface area contributed by atoms with Crippen LogP contribution in [0.5, 0.6) is 11.5 Å². The number of hydrogen-bond donors (Lipinski definition) is 1. The maximum Gasteiger partial charge on any atom is 0.366 e. The smallest absolute Gasteiger partial charge is 0.366 e. The van der Waals surface area contributed by atoms with Crippen molar-refractivity contribution in [2.24, 2.45) is 0 Å². The third-order valence-corrected chi connectivity index (χ3v) is 2.10. The Morgan fingerprint density at radius 1 is 0.765 bits per heavy atom. The van der Waals surface area contributed by atoms with Gasteiger partial charge in [0.25, 0.3) is 0 Å². The van der Waals surface area contributed by atoms with E-state index >= 15 is 0 Å². The molecule has 0 spiro atoms. The van der Waals surface area contributed by atoms with Gasteiger partial charge in [-0.15, -0.1) is 0 Å². The van der Waals surface area contributed by atoms with E-state index in [9.17, 15) is 5.11 Å². The van der Waals surface area contributed by atoms with Gasteiger partial charge in [0.2, 0.25) is 0 Å². The summed E-state index contributed by atoms with van der Waals surface area (Å²) in [5.74, 6) is -0.593. The summed E-state index contributed by atoms with van der Waals surface area (Å²) in [7, 11) is 0. The molecule has 0 amide bonds. The van der Waals surface area contributed by atoms with Crippen molar-refractivity contribution >= 4 is 0 Å². The Kier molecular flexibility index (Phi) is 3.30. The first kappa shape index (κ1) is 11.5. The SMILES string of the molecule is CC(O)(Oc1ccccc1)Oc1ccccc1. The first-order valence-electron chi connectivity index (χ1n) is 5.36. The second-order valence-corrected chi connectivity index (χ2v) is 3.73. The van der Waals surface area contributed by atoms with Gasteiger partial charge >= 0.3 is 5.97 Å². The Labute approximate surface area is 100 Å². The van der Waals surface area contributed by atoms with E-state index in [1.165, 1.54) is 6.92 Å². The van der Waals surface area contributed by atoms with Crippen LogP contribution in [0, 0.1) is 0 Å². The zero-order valence-corrected chi connectivity index (χ0v) is 9.54. The molecule has 2 aromatic carbocycles. The fourth-order valence-corrected chi connectivity index (χ4v) is 1.44. The molecule has 0 aliphatic carbocycles. The van der Waals surface area contributed by atoms with E-state index < -0.39 is 5.97 Å². The molecule has 0 aliphatic rings. The zero-order chi connectivity index (χ0) is 12.1. The summed E-state index contributed by atoms with van der Waals surface area (Å²) in [6.07, 6.45) is 0. The van der Waals surface area contributed by atoms with Gasteiger partial charge in [0.1, 0.15) is 11.5 Å². The third-order valence-electron chi connectivity index (χ3n) is 2.10. The molecular weight excluding hydrogens is 216 g/mol. The number of aliphatic hydroxyl groups is 1. The van der Waals surface area contributed by atoms with Crippen LogP contribution in [0.15, 0.2) is 60.7 Å². The van der Waals surface area contributed by atoms with Gasteiger partial charge in [-0.25, -0.2) is 0 Å². The maximum absolute atomic E-state index is 9.98.